The Hall–Kier alpha value is -0.940. The molecule has 18 heavy (non-hydrogen) atoms. The third-order valence-electron chi connectivity index (χ3n) is 2.45. The third kappa shape index (κ3) is 4.74. The Balaban J connectivity index is 2.72. The zero-order valence-electron chi connectivity index (χ0n) is 10.8. The molecule has 0 spiro atoms. The molecule has 0 aliphatic carbocycles. The summed E-state index contributed by atoms with van der Waals surface area (Å²) in [4.78, 5) is 13.4. The van der Waals surface area contributed by atoms with Gasteiger partial charge >= 0.3 is 0 Å². The molecular weight excluding hydrogens is 299 g/mol. The summed E-state index contributed by atoms with van der Waals surface area (Å²) in [5.74, 6) is -0.410. The molecule has 0 saturated heterocycles. The van der Waals surface area contributed by atoms with Crippen LogP contribution in [0.5, 0.6) is 0 Å². The summed E-state index contributed by atoms with van der Waals surface area (Å²) in [5, 5.41) is 0. The number of amides is 1. The van der Waals surface area contributed by atoms with Gasteiger partial charge in [0.15, 0.2) is 0 Å². The van der Waals surface area contributed by atoms with E-state index in [9.17, 15) is 9.18 Å². The number of nitrogens with two attached hydrogens (primary N) is 1. The minimum Gasteiger partial charge on any atom is -0.341 e. The van der Waals surface area contributed by atoms with Crippen LogP contribution in [-0.2, 0) is 11.3 Å². The fourth-order valence-corrected chi connectivity index (χ4v) is 1.94. The van der Waals surface area contributed by atoms with Gasteiger partial charge in [0.25, 0.3) is 0 Å². The predicted octanol–water partition coefficient (Wildman–Crippen LogP) is 2.67. The number of hydrogen-bond acceptors (Lipinski definition) is 2. The molecule has 1 rings (SSSR count). The minimum atomic E-state index is -0.554. The quantitative estimate of drug-likeness (QED) is 0.928. The van der Waals surface area contributed by atoms with Crippen LogP contribution < -0.4 is 5.73 Å². The van der Waals surface area contributed by atoms with E-state index in [0.29, 0.717) is 5.56 Å². The van der Waals surface area contributed by atoms with Gasteiger partial charge in [0, 0.05) is 35.6 Å². The summed E-state index contributed by atoms with van der Waals surface area (Å²) in [5.41, 5.74) is 5.72. The van der Waals surface area contributed by atoms with Gasteiger partial charge in [-0.15, -0.1) is 0 Å². The van der Waals surface area contributed by atoms with Gasteiger partial charge in [0.1, 0.15) is 5.82 Å². The first-order valence-corrected chi connectivity index (χ1v) is 6.45. The summed E-state index contributed by atoms with van der Waals surface area (Å²) >= 11 is 3.28. The van der Waals surface area contributed by atoms with Crippen LogP contribution in [0.2, 0.25) is 0 Å². The molecule has 0 aromatic heterocycles. The van der Waals surface area contributed by atoms with E-state index in [1.165, 1.54) is 11.0 Å². The zero-order valence-corrected chi connectivity index (χ0v) is 12.4. The first-order valence-electron chi connectivity index (χ1n) is 5.66. The maximum Gasteiger partial charge on any atom is 0.224 e. The van der Waals surface area contributed by atoms with Crippen molar-refractivity contribution in [1.29, 1.82) is 0 Å². The van der Waals surface area contributed by atoms with E-state index in [4.69, 9.17) is 5.73 Å². The summed E-state index contributed by atoms with van der Waals surface area (Å²) in [6.45, 7) is 3.82. The van der Waals surface area contributed by atoms with Crippen LogP contribution in [0.25, 0.3) is 0 Å². The second-order valence-electron chi connectivity index (χ2n) is 5.15. The number of carbonyl (C=O) groups excluding carboxylic acids is 1. The van der Waals surface area contributed by atoms with E-state index in [1.807, 2.05) is 0 Å². The molecule has 3 nitrogen and oxygen atoms in total. The Bertz CT molecular complexity index is 443. The lowest BCUT2D eigenvalue weighted by Gasteiger charge is -2.23. The van der Waals surface area contributed by atoms with Crippen molar-refractivity contribution < 1.29 is 9.18 Å². The van der Waals surface area contributed by atoms with Gasteiger partial charge in [-0.1, -0.05) is 15.9 Å². The lowest BCUT2D eigenvalue weighted by atomic mass is 10.0. The number of hydrogen-bond donors (Lipinski definition) is 1. The molecule has 0 unspecified atom stereocenters. The van der Waals surface area contributed by atoms with Crippen LogP contribution >= 0.6 is 15.9 Å². The van der Waals surface area contributed by atoms with Crippen LogP contribution in [0.1, 0.15) is 25.8 Å². The molecule has 1 aromatic rings. The van der Waals surface area contributed by atoms with Crippen molar-refractivity contribution in [2.75, 3.05) is 7.05 Å². The number of halogens is 2. The van der Waals surface area contributed by atoms with Crippen LogP contribution in [0.15, 0.2) is 22.7 Å². The van der Waals surface area contributed by atoms with Crippen molar-refractivity contribution in [3.05, 3.63) is 34.1 Å². The summed E-state index contributed by atoms with van der Waals surface area (Å²) < 4.78 is 14.3. The van der Waals surface area contributed by atoms with Crippen molar-refractivity contribution in [1.82, 2.24) is 4.90 Å². The predicted molar refractivity (Wildman–Crippen MR) is 73.5 cm³/mol. The number of carbonyl (C=O) groups is 1. The maximum atomic E-state index is 13.5. The largest absolute Gasteiger partial charge is 0.341 e. The monoisotopic (exact) mass is 316 g/mol. The third-order valence-corrected chi connectivity index (χ3v) is 2.94. The van der Waals surface area contributed by atoms with Crippen molar-refractivity contribution >= 4 is 21.8 Å². The Morgan fingerprint density at radius 1 is 1.50 bits per heavy atom. The molecule has 0 saturated carbocycles. The molecule has 0 aliphatic rings. The van der Waals surface area contributed by atoms with Crippen LogP contribution in [0, 0.1) is 5.82 Å². The molecule has 1 aromatic carbocycles. The molecule has 0 radical (unpaired) electrons. The van der Waals surface area contributed by atoms with Gasteiger partial charge in [-0.25, -0.2) is 4.39 Å². The van der Waals surface area contributed by atoms with Gasteiger partial charge in [-0.2, -0.15) is 0 Å². The first kappa shape index (κ1) is 15.1. The lowest BCUT2D eigenvalue weighted by Crippen LogP contribution is -2.39. The molecule has 100 valence electrons. The van der Waals surface area contributed by atoms with E-state index in [2.05, 4.69) is 15.9 Å². The van der Waals surface area contributed by atoms with Crippen molar-refractivity contribution in [3.63, 3.8) is 0 Å². The Morgan fingerprint density at radius 3 is 2.67 bits per heavy atom. The summed E-state index contributed by atoms with van der Waals surface area (Å²) in [7, 11) is 1.65. The molecular formula is C13H18BrFN2O. The molecule has 0 heterocycles. The lowest BCUT2D eigenvalue weighted by molar-refractivity contribution is -0.131. The second-order valence-corrected chi connectivity index (χ2v) is 6.07. The van der Waals surface area contributed by atoms with Gasteiger partial charge in [-0.3, -0.25) is 4.79 Å². The molecule has 5 heteroatoms. The zero-order chi connectivity index (χ0) is 13.9. The van der Waals surface area contributed by atoms with Gasteiger partial charge in [0.2, 0.25) is 5.91 Å². The highest BCUT2D eigenvalue weighted by atomic mass is 79.9. The minimum absolute atomic E-state index is 0.0955. The van der Waals surface area contributed by atoms with Gasteiger partial charge in [0.05, 0.1) is 0 Å². The highest BCUT2D eigenvalue weighted by Gasteiger charge is 2.20. The number of rotatable bonds is 4. The van der Waals surface area contributed by atoms with E-state index >= 15 is 0 Å². The highest BCUT2D eigenvalue weighted by molar-refractivity contribution is 9.10. The molecule has 2 N–H and O–H groups in total. The maximum absolute atomic E-state index is 13.5. The number of nitrogens with zero attached hydrogens (tertiary/aromatic N) is 1. The Morgan fingerprint density at radius 2 is 2.11 bits per heavy atom. The SMILES string of the molecule is CN(Cc1cc(Br)ccc1F)C(=O)CC(C)(C)N. The first-order chi connectivity index (χ1) is 8.19. The highest BCUT2D eigenvalue weighted by Crippen LogP contribution is 2.17. The Kier molecular flexibility index (Phi) is 4.87. The van der Waals surface area contributed by atoms with E-state index < -0.39 is 5.54 Å². The van der Waals surface area contributed by atoms with Crippen LogP contribution in [0.3, 0.4) is 0 Å². The topological polar surface area (TPSA) is 46.3 Å². The van der Waals surface area contributed by atoms with E-state index in [1.54, 1.807) is 33.0 Å². The van der Waals surface area contributed by atoms with Crippen LogP contribution in [-0.4, -0.2) is 23.4 Å². The Labute approximate surface area is 115 Å². The second kappa shape index (κ2) is 5.80. The van der Waals surface area contributed by atoms with E-state index in [0.717, 1.165) is 4.47 Å². The molecule has 1 amide bonds. The van der Waals surface area contributed by atoms with Crippen molar-refractivity contribution in [2.45, 2.75) is 32.4 Å². The average Bonchev–Trinajstić information content (AvgIpc) is 2.21. The molecule has 0 atom stereocenters. The standard InChI is InChI=1S/C13H18BrFN2O/c1-13(2,16)7-12(18)17(3)8-9-6-10(14)4-5-11(9)15/h4-6H,7-8,16H2,1-3H3. The molecule has 0 bridgehead atoms. The van der Waals surface area contributed by atoms with E-state index in [-0.39, 0.29) is 24.7 Å². The summed E-state index contributed by atoms with van der Waals surface area (Å²) in [6.07, 6.45) is 0.235. The van der Waals surface area contributed by atoms with Gasteiger partial charge in [-0.05, 0) is 32.0 Å². The van der Waals surface area contributed by atoms with Crippen molar-refractivity contribution in [2.24, 2.45) is 5.73 Å². The number of benzene rings is 1. The van der Waals surface area contributed by atoms with Crippen LogP contribution in [0.4, 0.5) is 4.39 Å². The van der Waals surface area contributed by atoms with Crippen molar-refractivity contribution in [3.8, 4) is 0 Å². The average molecular weight is 317 g/mol. The summed E-state index contributed by atoms with van der Waals surface area (Å²) in [6, 6.07) is 4.68. The van der Waals surface area contributed by atoms with Gasteiger partial charge < -0.3 is 10.6 Å². The molecule has 0 aliphatic heterocycles. The molecule has 0 fully saturated rings. The fraction of sp³-hybridized carbons (Fsp3) is 0.462. The smallest absolute Gasteiger partial charge is 0.224 e. The fourth-order valence-electron chi connectivity index (χ4n) is 1.53. The normalized spacial score (nSPS) is 11.4.